The van der Waals surface area contributed by atoms with Crippen molar-refractivity contribution in [1.29, 1.82) is 0 Å². The van der Waals surface area contributed by atoms with E-state index in [4.69, 9.17) is 5.73 Å². The van der Waals surface area contributed by atoms with Crippen LogP contribution in [0.1, 0.15) is 18.4 Å². The predicted octanol–water partition coefficient (Wildman–Crippen LogP) is 2.44. The van der Waals surface area contributed by atoms with Crippen molar-refractivity contribution in [3.63, 3.8) is 0 Å². The van der Waals surface area contributed by atoms with E-state index in [9.17, 15) is 0 Å². The standard InChI is InChI=1S/C14H17N3/c1-9-6-10-4-2-3-5-13(10)17-14(9)16-12-7-11(15)8-12/h2-6,11-12H,7-8,15H2,1H3,(H,16,17). The van der Waals surface area contributed by atoms with E-state index in [-0.39, 0.29) is 0 Å². The van der Waals surface area contributed by atoms with Crippen molar-refractivity contribution < 1.29 is 0 Å². The summed E-state index contributed by atoms with van der Waals surface area (Å²) in [5.74, 6) is 1.00. The van der Waals surface area contributed by atoms with E-state index in [1.807, 2.05) is 18.2 Å². The van der Waals surface area contributed by atoms with Crippen LogP contribution in [0.25, 0.3) is 10.9 Å². The van der Waals surface area contributed by atoms with Crippen molar-refractivity contribution in [2.75, 3.05) is 5.32 Å². The zero-order valence-electron chi connectivity index (χ0n) is 9.98. The van der Waals surface area contributed by atoms with E-state index >= 15 is 0 Å². The SMILES string of the molecule is Cc1cc2ccccc2nc1NC1CC(N)C1. The summed E-state index contributed by atoms with van der Waals surface area (Å²) in [5, 5.41) is 4.67. The average Bonchev–Trinajstić information content (AvgIpc) is 2.28. The van der Waals surface area contributed by atoms with Crippen molar-refractivity contribution in [1.82, 2.24) is 4.98 Å². The molecule has 1 aromatic carbocycles. The van der Waals surface area contributed by atoms with E-state index in [1.54, 1.807) is 0 Å². The highest BCUT2D eigenvalue weighted by Gasteiger charge is 2.26. The molecule has 1 aromatic heterocycles. The zero-order valence-corrected chi connectivity index (χ0v) is 9.98. The predicted molar refractivity (Wildman–Crippen MR) is 71.1 cm³/mol. The number of para-hydroxylation sites is 1. The molecule has 0 saturated heterocycles. The minimum atomic E-state index is 0.369. The maximum atomic E-state index is 5.79. The second-order valence-corrected chi connectivity index (χ2v) is 4.92. The fourth-order valence-corrected chi connectivity index (χ4v) is 2.34. The van der Waals surface area contributed by atoms with Gasteiger partial charge in [-0.3, -0.25) is 0 Å². The Morgan fingerprint density at radius 1 is 1.29 bits per heavy atom. The fourth-order valence-electron chi connectivity index (χ4n) is 2.34. The Bertz CT molecular complexity index is 544. The summed E-state index contributed by atoms with van der Waals surface area (Å²) in [6, 6.07) is 11.3. The largest absolute Gasteiger partial charge is 0.367 e. The Morgan fingerprint density at radius 3 is 2.82 bits per heavy atom. The lowest BCUT2D eigenvalue weighted by molar-refractivity contribution is 0.373. The van der Waals surface area contributed by atoms with Crippen LogP contribution < -0.4 is 11.1 Å². The van der Waals surface area contributed by atoms with Crippen LogP contribution in [-0.2, 0) is 0 Å². The molecule has 0 unspecified atom stereocenters. The molecule has 0 amide bonds. The molecule has 0 bridgehead atoms. The molecule has 3 rings (SSSR count). The molecular formula is C14H17N3. The molecule has 0 atom stereocenters. The minimum Gasteiger partial charge on any atom is -0.367 e. The van der Waals surface area contributed by atoms with Crippen LogP contribution in [0, 0.1) is 6.92 Å². The number of aromatic nitrogens is 1. The van der Waals surface area contributed by atoms with Crippen molar-refractivity contribution in [2.45, 2.75) is 31.8 Å². The van der Waals surface area contributed by atoms with Crippen LogP contribution in [0.3, 0.4) is 0 Å². The van der Waals surface area contributed by atoms with Crippen LogP contribution in [0.15, 0.2) is 30.3 Å². The van der Waals surface area contributed by atoms with Crippen LogP contribution in [-0.4, -0.2) is 17.1 Å². The first-order valence-corrected chi connectivity index (χ1v) is 6.11. The molecule has 3 heteroatoms. The summed E-state index contributed by atoms with van der Waals surface area (Å²) in [6.45, 7) is 2.10. The lowest BCUT2D eigenvalue weighted by atomic mass is 9.87. The number of hydrogen-bond acceptors (Lipinski definition) is 3. The van der Waals surface area contributed by atoms with Gasteiger partial charge in [-0.15, -0.1) is 0 Å². The molecule has 3 nitrogen and oxygen atoms in total. The van der Waals surface area contributed by atoms with Crippen molar-refractivity contribution in [3.8, 4) is 0 Å². The zero-order chi connectivity index (χ0) is 11.8. The molecule has 0 radical (unpaired) electrons. The third kappa shape index (κ3) is 1.98. The molecule has 0 aliphatic heterocycles. The van der Waals surface area contributed by atoms with E-state index < -0.39 is 0 Å². The van der Waals surface area contributed by atoms with Gasteiger partial charge in [-0.25, -0.2) is 4.98 Å². The van der Waals surface area contributed by atoms with Gasteiger partial charge in [-0.2, -0.15) is 0 Å². The molecule has 1 aliphatic rings. The molecule has 1 saturated carbocycles. The number of hydrogen-bond donors (Lipinski definition) is 2. The first kappa shape index (κ1) is 10.5. The Hall–Kier alpha value is -1.61. The number of aryl methyl sites for hydroxylation is 1. The first-order chi connectivity index (χ1) is 8.22. The van der Waals surface area contributed by atoms with Gasteiger partial charge in [0.1, 0.15) is 5.82 Å². The molecule has 88 valence electrons. The molecule has 2 aromatic rings. The van der Waals surface area contributed by atoms with Gasteiger partial charge in [-0.1, -0.05) is 18.2 Å². The Labute approximate surface area is 101 Å². The van der Waals surface area contributed by atoms with Gasteiger partial charge in [0.15, 0.2) is 0 Å². The van der Waals surface area contributed by atoms with Crippen LogP contribution in [0.4, 0.5) is 5.82 Å². The number of fused-ring (bicyclic) bond motifs is 1. The summed E-state index contributed by atoms with van der Waals surface area (Å²) < 4.78 is 0. The van der Waals surface area contributed by atoms with Gasteiger partial charge in [0.05, 0.1) is 5.52 Å². The molecule has 17 heavy (non-hydrogen) atoms. The quantitative estimate of drug-likeness (QED) is 0.828. The second kappa shape index (κ2) is 4.00. The summed E-state index contributed by atoms with van der Waals surface area (Å²) >= 11 is 0. The third-order valence-corrected chi connectivity index (χ3v) is 3.43. The topological polar surface area (TPSA) is 50.9 Å². The number of anilines is 1. The molecule has 1 fully saturated rings. The normalized spacial score (nSPS) is 23.4. The molecule has 1 aliphatic carbocycles. The number of rotatable bonds is 2. The van der Waals surface area contributed by atoms with E-state index in [0.717, 1.165) is 24.2 Å². The highest BCUT2D eigenvalue weighted by atomic mass is 15.0. The fraction of sp³-hybridized carbons (Fsp3) is 0.357. The second-order valence-electron chi connectivity index (χ2n) is 4.92. The average molecular weight is 227 g/mol. The van der Waals surface area contributed by atoms with Crippen molar-refractivity contribution in [3.05, 3.63) is 35.9 Å². The van der Waals surface area contributed by atoms with E-state index in [1.165, 1.54) is 10.9 Å². The van der Waals surface area contributed by atoms with E-state index in [0.29, 0.717) is 12.1 Å². The smallest absolute Gasteiger partial charge is 0.129 e. The molecule has 0 spiro atoms. The summed E-state index contributed by atoms with van der Waals surface area (Å²) in [4.78, 5) is 4.67. The lowest BCUT2D eigenvalue weighted by Crippen LogP contribution is -2.44. The minimum absolute atomic E-state index is 0.369. The van der Waals surface area contributed by atoms with Gasteiger partial charge in [0, 0.05) is 17.5 Å². The maximum absolute atomic E-state index is 5.79. The van der Waals surface area contributed by atoms with Gasteiger partial charge in [0.25, 0.3) is 0 Å². The lowest BCUT2D eigenvalue weighted by Gasteiger charge is -2.33. The van der Waals surface area contributed by atoms with E-state index in [2.05, 4.69) is 29.4 Å². The van der Waals surface area contributed by atoms with Crippen LogP contribution in [0.5, 0.6) is 0 Å². The van der Waals surface area contributed by atoms with Crippen molar-refractivity contribution >= 4 is 16.7 Å². The van der Waals surface area contributed by atoms with Gasteiger partial charge < -0.3 is 11.1 Å². The van der Waals surface area contributed by atoms with Gasteiger partial charge >= 0.3 is 0 Å². The summed E-state index contributed by atoms with van der Waals surface area (Å²) in [7, 11) is 0. The Kier molecular flexibility index (Phi) is 2.48. The Balaban J connectivity index is 1.90. The third-order valence-electron chi connectivity index (χ3n) is 3.43. The van der Waals surface area contributed by atoms with Gasteiger partial charge in [-0.05, 0) is 37.5 Å². The van der Waals surface area contributed by atoms with Gasteiger partial charge in [0.2, 0.25) is 0 Å². The number of nitrogens with one attached hydrogen (secondary N) is 1. The van der Waals surface area contributed by atoms with Crippen molar-refractivity contribution in [2.24, 2.45) is 5.73 Å². The highest BCUT2D eigenvalue weighted by Crippen LogP contribution is 2.25. The van der Waals surface area contributed by atoms with Crippen LogP contribution in [0.2, 0.25) is 0 Å². The highest BCUT2D eigenvalue weighted by molar-refractivity contribution is 5.81. The molecule has 3 N–H and O–H groups in total. The summed E-state index contributed by atoms with van der Waals surface area (Å²) in [5.41, 5.74) is 8.03. The maximum Gasteiger partial charge on any atom is 0.129 e. The summed E-state index contributed by atoms with van der Waals surface area (Å²) in [6.07, 6.45) is 2.10. The van der Waals surface area contributed by atoms with Crippen LogP contribution >= 0.6 is 0 Å². The number of nitrogens with two attached hydrogens (primary N) is 1. The molecule has 1 heterocycles. The first-order valence-electron chi connectivity index (χ1n) is 6.11. The number of nitrogens with zero attached hydrogens (tertiary/aromatic N) is 1. The monoisotopic (exact) mass is 227 g/mol. The molecular weight excluding hydrogens is 210 g/mol. The number of pyridine rings is 1. The Morgan fingerprint density at radius 2 is 2.06 bits per heavy atom. The number of benzene rings is 1.